The molecule has 0 aromatic rings. The normalized spacial score (nSPS) is 34.6. The summed E-state index contributed by atoms with van der Waals surface area (Å²) in [5.74, 6) is 0.605. The Bertz CT molecular complexity index is 88.4. The summed E-state index contributed by atoms with van der Waals surface area (Å²) in [4.78, 5) is 0. The van der Waals surface area contributed by atoms with Gasteiger partial charge in [0.05, 0.1) is 6.10 Å². The molecule has 0 amide bonds. The van der Waals surface area contributed by atoms with Gasteiger partial charge in [-0.2, -0.15) is 0 Å². The summed E-state index contributed by atoms with van der Waals surface area (Å²) in [6, 6.07) is 0. The van der Waals surface area contributed by atoms with Crippen molar-refractivity contribution in [3.8, 4) is 0 Å². The first kappa shape index (κ1) is 5.83. The highest BCUT2D eigenvalue weighted by molar-refractivity contribution is 4.87. The van der Waals surface area contributed by atoms with Crippen LogP contribution in [0.5, 0.6) is 0 Å². The molecule has 0 bridgehead atoms. The van der Waals surface area contributed by atoms with E-state index < -0.39 is 0 Å². The van der Waals surface area contributed by atoms with Gasteiger partial charge < -0.3 is 5.11 Å². The molecule has 46 valence electrons. The van der Waals surface area contributed by atoms with Crippen molar-refractivity contribution in [1.29, 1.82) is 0 Å². The van der Waals surface area contributed by atoms with Gasteiger partial charge in [0.25, 0.3) is 0 Å². The molecular formula is C7H12O. The maximum Gasteiger partial charge on any atom is 0.0573 e. The predicted octanol–water partition coefficient (Wildman–Crippen LogP) is 1.33. The minimum absolute atomic E-state index is 0.0231. The predicted molar refractivity (Wildman–Crippen MR) is 33.5 cm³/mol. The molecule has 0 aliphatic heterocycles. The molecule has 8 heavy (non-hydrogen) atoms. The summed E-state index contributed by atoms with van der Waals surface area (Å²) < 4.78 is 0. The minimum atomic E-state index is 0.0231. The fourth-order valence-electron chi connectivity index (χ4n) is 0.874. The third-order valence-electron chi connectivity index (χ3n) is 1.63. The van der Waals surface area contributed by atoms with Gasteiger partial charge >= 0.3 is 0 Å². The molecule has 1 saturated carbocycles. The lowest BCUT2D eigenvalue weighted by Gasteiger charge is -1.87. The zero-order valence-electron chi connectivity index (χ0n) is 5.01. The van der Waals surface area contributed by atoms with E-state index in [4.69, 9.17) is 5.11 Å². The summed E-state index contributed by atoms with van der Waals surface area (Å²) in [6.07, 6.45) is 5.14. The van der Waals surface area contributed by atoms with Crippen LogP contribution < -0.4 is 0 Å². The first-order valence-electron chi connectivity index (χ1n) is 3.13. The molecule has 1 nitrogen and oxygen atoms in total. The fraction of sp³-hybridized carbons (Fsp3) is 0.714. The molecule has 0 saturated heterocycles. The van der Waals surface area contributed by atoms with Crippen LogP contribution in [-0.4, -0.2) is 11.2 Å². The first-order valence-corrected chi connectivity index (χ1v) is 3.13. The van der Waals surface area contributed by atoms with Crippen molar-refractivity contribution >= 4 is 0 Å². The number of rotatable bonds is 3. The lowest BCUT2D eigenvalue weighted by Crippen LogP contribution is -1.83. The topological polar surface area (TPSA) is 20.2 Å². The molecule has 0 radical (unpaired) electrons. The Morgan fingerprint density at radius 3 is 2.75 bits per heavy atom. The molecule has 1 aliphatic rings. The van der Waals surface area contributed by atoms with E-state index in [-0.39, 0.29) is 6.10 Å². The van der Waals surface area contributed by atoms with Crippen molar-refractivity contribution in [2.24, 2.45) is 5.92 Å². The smallest absolute Gasteiger partial charge is 0.0573 e. The molecule has 1 heteroatoms. The Kier molecular flexibility index (Phi) is 1.69. The number of aliphatic hydroxyl groups is 1. The third kappa shape index (κ3) is 1.34. The SMILES string of the molecule is C=CCCC1CC1O. The van der Waals surface area contributed by atoms with Crippen molar-refractivity contribution in [2.45, 2.75) is 25.4 Å². The largest absolute Gasteiger partial charge is 0.393 e. The molecule has 1 rings (SSSR count). The summed E-state index contributed by atoms with van der Waals surface area (Å²) in [5.41, 5.74) is 0. The van der Waals surface area contributed by atoms with Crippen LogP contribution in [0, 0.1) is 5.92 Å². The van der Waals surface area contributed by atoms with E-state index in [9.17, 15) is 0 Å². The lowest BCUT2D eigenvalue weighted by molar-refractivity contribution is 0.257. The van der Waals surface area contributed by atoms with Gasteiger partial charge in [0.2, 0.25) is 0 Å². The Hall–Kier alpha value is -0.300. The second-order valence-electron chi connectivity index (χ2n) is 2.43. The summed E-state index contributed by atoms with van der Waals surface area (Å²) in [6.45, 7) is 3.60. The van der Waals surface area contributed by atoms with Crippen LogP contribution >= 0.6 is 0 Å². The Balaban J connectivity index is 1.97. The summed E-state index contributed by atoms with van der Waals surface area (Å²) >= 11 is 0. The number of hydrogen-bond donors (Lipinski definition) is 1. The molecule has 0 heterocycles. The van der Waals surface area contributed by atoms with E-state index >= 15 is 0 Å². The van der Waals surface area contributed by atoms with Gasteiger partial charge in [-0.1, -0.05) is 6.08 Å². The van der Waals surface area contributed by atoms with Gasteiger partial charge in [0, 0.05) is 0 Å². The molecule has 0 aromatic carbocycles. The van der Waals surface area contributed by atoms with Gasteiger partial charge in [-0.25, -0.2) is 0 Å². The maximum atomic E-state index is 8.82. The lowest BCUT2D eigenvalue weighted by atomic mass is 10.2. The van der Waals surface area contributed by atoms with Crippen LogP contribution in [0.4, 0.5) is 0 Å². The van der Waals surface area contributed by atoms with E-state index in [1.54, 1.807) is 0 Å². The Morgan fingerprint density at radius 1 is 1.75 bits per heavy atom. The number of hydrogen-bond acceptors (Lipinski definition) is 1. The molecule has 1 aliphatic carbocycles. The second-order valence-corrected chi connectivity index (χ2v) is 2.43. The van der Waals surface area contributed by atoms with E-state index in [2.05, 4.69) is 6.58 Å². The third-order valence-corrected chi connectivity index (χ3v) is 1.63. The monoisotopic (exact) mass is 112 g/mol. The maximum absolute atomic E-state index is 8.82. The average Bonchev–Trinajstić information content (AvgIpc) is 2.42. The van der Waals surface area contributed by atoms with Gasteiger partial charge in [-0.05, 0) is 25.2 Å². The highest BCUT2D eigenvalue weighted by atomic mass is 16.3. The second kappa shape index (κ2) is 2.31. The van der Waals surface area contributed by atoms with Crippen molar-refractivity contribution in [3.63, 3.8) is 0 Å². The van der Waals surface area contributed by atoms with Crippen LogP contribution in [0.2, 0.25) is 0 Å². The van der Waals surface area contributed by atoms with Crippen LogP contribution in [0.15, 0.2) is 12.7 Å². The van der Waals surface area contributed by atoms with E-state index in [1.165, 1.54) is 0 Å². The molecule has 1 fully saturated rings. The molecule has 0 spiro atoms. The van der Waals surface area contributed by atoms with Crippen LogP contribution in [0.1, 0.15) is 19.3 Å². The van der Waals surface area contributed by atoms with Gasteiger partial charge in [0.1, 0.15) is 0 Å². The average molecular weight is 112 g/mol. The zero-order valence-corrected chi connectivity index (χ0v) is 5.01. The summed E-state index contributed by atoms with van der Waals surface area (Å²) in [5, 5.41) is 8.82. The van der Waals surface area contributed by atoms with Gasteiger partial charge in [-0.3, -0.25) is 0 Å². The van der Waals surface area contributed by atoms with Crippen LogP contribution in [0.25, 0.3) is 0 Å². The number of aliphatic hydroxyl groups excluding tert-OH is 1. The highest BCUT2D eigenvalue weighted by Crippen LogP contribution is 2.34. The molecule has 0 aromatic heterocycles. The fourth-order valence-corrected chi connectivity index (χ4v) is 0.874. The number of allylic oxidation sites excluding steroid dienone is 1. The van der Waals surface area contributed by atoms with Gasteiger partial charge in [0.15, 0.2) is 0 Å². The zero-order chi connectivity index (χ0) is 5.98. The van der Waals surface area contributed by atoms with E-state index in [0.29, 0.717) is 5.92 Å². The highest BCUT2D eigenvalue weighted by Gasteiger charge is 2.33. The molecule has 1 N–H and O–H groups in total. The van der Waals surface area contributed by atoms with E-state index in [0.717, 1.165) is 19.3 Å². The van der Waals surface area contributed by atoms with Crippen molar-refractivity contribution in [2.75, 3.05) is 0 Å². The van der Waals surface area contributed by atoms with Gasteiger partial charge in [-0.15, -0.1) is 6.58 Å². The minimum Gasteiger partial charge on any atom is -0.393 e. The Labute approximate surface area is 50.0 Å². The Morgan fingerprint density at radius 2 is 2.38 bits per heavy atom. The molecular weight excluding hydrogens is 100 g/mol. The molecule has 2 unspecified atom stereocenters. The van der Waals surface area contributed by atoms with Crippen molar-refractivity contribution in [3.05, 3.63) is 12.7 Å². The van der Waals surface area contributed by atoms with E-state index in [1.807, 2.05) is 6.08 Å². The quantitative estimate of drug-likeness (QED) is 0.546. The first-order chi connectivity index (χ1) is 3.84. The molecule has 2 atom stereocenters. The van der Waals surface area contributed by atoms with Crippen molar-refractivity contribution in [1.82, 2.24) is 0 Å². The van der Waals surface area contributed by atoms with Crippen molar-refractivity contribution < 1.29 is 5.11 Å². The van der Waals surface area contributed by atoms with Crippen LogP contribution in [0.3, 0.4) is 0 Å². The standard InChI is InChI=1S/C7H12O/c1-2-3-4-6-5-7(6)8/h2,6-8H,1,3-5H2. The van der Waals surface area contributed by atoms with Crippen LogP contribution in [-0.2, 0) is 0 Å². The summed E-state index contributed by atoms with van der Waals surface area (Å²) in [7, 11) is 0.